The Morgan fingerprint density at radius 3 is 2.46 bits per heavy atom. The maximum absolute atomic E-state index is 11.5. The lowest BCUT2D eigenvalue weighted by molar-refractivity contribution is 0.284. The summed E-state index contributed by atoms with van der Waals surface area (Å²) >= 11 is 2.13. The highest BCUT2D eigenvalue weighted by molar-refractivity contribution is 14.1. The summed E-state index contributed by atoms with van der Waals surface area (Å²) in [6, 6.07) is 6.77. The third-order valence-electron chi connectivity index (χ3n) is 1.46. The topological polar surface area (TPSA) is 46.5 Å². The Bertz CT molecular complexity index is 323. The van der Waals surface area contributed by atoms with Crippen LogP contribution in [-0.2, 0) is 9.09 Å². The first-order valence-electron chi connectivity index (χ1n) is 3.79. The molecule has 0 aromatic heterocycles. The van der Waals surface area contributed by atoms with E-state index >= 15 is 0 Å². The SMILES string of the molecule is CCOP(=O)(O)c1ccc(I)cc1. The number of rotatable bonds is 3. The van der Waals surface area contributed by atoms with E-state index in [4.69, 9.17) is 4.52 Å². The highest BCUT2D eigenvalue weighted by Crippen LogP contribution is 2.40. The van der Waals surface area contributed by atoms with E-state index in [9.17, 15) is 9.46 Å². The fraction of sp³-hybridized carbons (Fsp3) is 0.250. The molecule has 0 aliphatic carbocycles. The molecule has 0 fully saturated rings. The van der Waals surface area contributed by atoms with Gasteiger partial charge in [0.15, 0.2) is 0 Å². The minimum atomic E-state index is -3.57. The average molecular weight is 312 g/mol. The Hall–Kier alpha value is 0.100. The molecule has 0 aliphatic rings. The summed E-state index contributed by atoms with van der Waals surface area (Å²) in [6.45, 7) is 1.93. The second kappa shape index (κ2) is 4.55. The van der Waals surface area contributed by atoms with Gasteiger partial charge < -0.3 is 9.42 Å². The quantitative estimate of drug-likeness (QED) is 0.687. The summed E-state index contributed by atoms with van der Waals surface area (Å²) in [5, 5.41) is 0.342. The zero-order valence-corrected chi connectivity index (χ0v) is 10.2. The highest BCUT2D eigenvalue weighted by Gasteiger charge is 2.20. The molecule has 0 aliphatic heterocycles. The van der Waals surface area contributed by atoms with E-state index in [0.29, 0.717) is 5.30 Å². The van der Waals surface area contributed by atoms with Crippen LogP contribution in [0.3, 0.4) is 0 Å². The maximum Gasteiger partial charge on any atom is 0.358 e. The predicted molar refractivity (Wildman–Crippen MR) is 60.2 cm³/mol. The summed E-state index contributed by atoms with van der Waals surface area (Å²) in [4.78, 5) is 9.41. The lowest BCUT2D eigenvalue weighted by atomic mass is 10.4. The van der Waals surface area contributed by atoms with Crippen molar-refractivity contribution in [2.45, 2.75) is 6.92 Å². The van der Waals surface area contributed by atoms with Crippen molar-refractivity contribution >= 4 is 35.5 Å². The smallest absolute Gasteiger partial charge is 0.321 e. The van der Waals surface area contributed by atoms with E-state index in [-0.39, 0.29) is 6.61 Å². The van der Waals surface area contributed by atoms with Crippen LogP contribution in [0.15, 0.2) is 24.3 Å². The van der Waals surface area contributed by atoms with E-state index in [1.165, 1.54) is 0 Å². The van der Waals surface area contributed by atoms with Crippen molar-refractivity contribution in [3.63, 3.8) is 0 Å². The first-order valence-corrected chi connectivity index (χ1v) is 6.45. The van der Waals surface area contributed by atoms with E-state index in [2.05, 4.69) is 22.6 Å². The molecule has 0 bridgehead atoms. The monoisotopic (exact) mass is 312 g/mol. The van der Waals surface area contributed by atoms with Gasteiger partial charge >= 0.3 is 7.60 Å². The lowest BCUT2D eigenvalue weighted by Crippen LogP contribution is -2.06. The van der Waals surface area contributed by atoms with Gasteiger partial charge in [-0.1, -0.05) is 0 Å². The molecule has 1 atom stereocenters. The Morgan fingerprint density at radius 2 is 2.00 bits per heavy atom. The van der Waals surface area contributed by atoms with Crippen LogP contribution in [0.4, 0.5) is 0 Å². The molecular formula is C8H10IO3P. The molecule has 1 aromatic carbocycles. The van der Waals surface area contributed by atoms with Gasteiger partial charge in [0.2, 0.25) is 0 Å². The lowest BCUT2D eigenvalue weighted by Gasteiger charge is -2.10. The van der Waals surface area contributed by atoms with Crippen molar-refractivity contribution < 1.29 is 14.0 Å². The molecule has 5 heteroatoms. The number of hydrogen-bond acceptors (Lipinski definition) is 2. The Labute approximate surface area is 90.8 Å². The van der Waals surface area contributed by atoms with Crippen molar-refractivity contribution in [2.75, 3.05) is 6.61 Å². The van der Waals surface area contributed by atoms with E-state index < -0.39 is 7.60 Å². The summed E-state index contributed by atoms with van der Waals surface area (Å²) in [5.74, 6) is 0. The third kappa shape index (κ3) is 3.06. The molecule has 1 unspecified atom stereocenters. The van der Waals surface area contributed by atoms with Gasteiger partial charge in [-0.25, -0.2) is 0 Å². The fourth-order valence-corrected chi connectivity index (χ4v) is 2.26. The predicted octanol–water partition coefficient (Wildman–Crippen LogP) is 2.14. The molecule has 13 heavy (non-hydrogen) atoms. The summed E-state index contributed by atoms with van der Waals surface area (Å²) < 4.78 is 17.2. The summed E-state index contributed by atoms with van der Waals surface area (Å²) in [5.41, 5.74) is 0. The summed E-state index contributed by atoms with van der Waals surface area (Å²) in [6.07, 6.45) is 0. The summed E-state index contributed by atoms with van der Waals surface area (Å²) in [7, 11) is -3.57. The van der Waals surface area contributed by atoms with Crippen LogP contribution in [-0.4, -0.2) is 11.5 Å². The first kappa shape index (κ1) is 11.2. The van der Waals surface area contributed by atoms with E-state index in [1.807, 2.05) is 0 Å². The molecule has 1 rings (SSSR count). The van der Waals surface area contributed by atoms with Gasteiger partial charge in [0.1, 0.15) is 0 Å². The van der Waals surface area contributed by atoms with Crippen molar-refractivity contribution in [1.29, 1.82) is 0 Å². The molecule has 3 nitrogen and oxygen atoms in total. The maximum atomic E-state index is 11.5. The molecule has 1 aromatic rings. The van der Waals surface area contributed by atoms with Gasteiger partial charge in [-0.15, -0.1) is 0 Å². The van der Waals surface area contributed by atoms with Crippen molar-refractivity contribution in [3.8, 4) is 0 Å². The van der Waals surface area contributed by atoms with Crippen LogP contribution in [0.5, 0.6) is 0 Å². The van der Waals surface area contributed by atoms with Crippen molar-refractivity contribution in [2.24, 2.45) is 0 Å². The minimum Gasteiger partial charge on any atom is -0.321 e. The molecular weight excluding hydrogens is 302 g/mol. The van der Waals surface area contributed by atoms with E-state index in [1.54, 1.807) is 31.2 Å². The van der Waals surface area contributed by atoms with E-state index in [0.717, 1.165) is 3.57 Å². The normalized spacial score (nSPS) is 15.3. The van der Waals surface area contributed by atoms with Crippen LogP contribution < -0.4 is 5.30 Å². The molecule has 0 saturated heterocycles. The molecule has 0 amide bonds. The molecule has 0 heterocycles. The highest BCUT2D eigenvalue weighted by atomic mass is 127. The van der Waals surface area contributed by atoms with Crippen LogP contribution >= 0.6 is 30.2 Å². The number of halogens is 1. The minimum absolute atomic E-state index is 0.236. The molecule has 72 valence electrons. The van der Waals surface area contributed by atoms with Crippen molar-refractivity contribution in [3.05, 3.63) is 27.8 Å². The molecule has 1 N–H and O–H groups in total. The second-order valence-electron chi connectivity index (χ2n) is 2.41. The Morgan fingerprint density at radius 1 is 1.46 bits per heavy atom. The van der Waals surface area contributed by atoms with Gasteiger partial charge in [0.05, 0.1) is 11.9 Å². The largest absolute Gasteiger partial charge is 0.358 e. The Balaban J connectivity index is 2.94. The van der Waals surface area contributed by atoms with Crippen LogP contribution in [0, 0.1) is 3.57 Å². The van der Waals surface area contributed by atoms with Gasteiger partial charge in [0.25, 0.3) is 0 Å². The number of hydrogen-bond donors (Lipinski definition) is 1. The second-order valence-corrected chi connectivity index (χ2v) is 5.48. The standard InChI is InChI=1S/C8H10IO3P/c1-2-12-13(10,11)8-5-3-7(9)4-6-8/h3-6H,2H2,1H3,(H,10,11). The van der Waals surface area contributed by atoms with Crippen LogP contribution in [0.2, 0.25) is 0 Å². The van der Waals surface area contributed by atoms with Gasteiger partial charge in [-0.3, -0.25) is 4.57 Å². The number of benzene rings is 1. The van der Waals surface area contributed by atoms with Gasteiger partial charge in [0, 0.05) is 3.57 Å². The third-order valence-corrected chi connectivity index (χ3v) is 3.74. The molecule has 0 radical (unpaired) electrons. The fourth-order valence-electron chi connectivity index (χ4n) is 0.879. The van der Waals surface area contributed by atoms with Gasteiger partial charge in [-0.2, -0.15) is 0 Å². The van der Waals surface area contributed by atoms with Crippen LogP contribution in [0.25, 0.3) is 0 Å². The zero-order valence-electron chi connectivity index (χ0n) is 7.11. The zero-order chi connectivity index (χ0) is 9.90. The first-order chi connectivity index (χ1) is 6.06. The van der Waals surface area contributed by atoms with Crippen molar-refractivity contribution in [1.82, 2.24) is 0 Å². The van der Waals surface area contributed by atoms with Gasteiger partial charge in [-0.05, 0) is 53.8 Å². The molecule has 0 saturated carbocycles. The Kier molecular flexibility index (Phi) is 3.91. The molecule has 0 spiro atoms. The average Bonchev–Trinajstić information content (AvgIpc) is 2.05. The van der Waals surface area contributed by atoms with Crippen LogP contribution in [0.1, 0.15) is 6.92 Å².